The maximum Gasteiger partial charge on any atom is 0.253 e. The number of halogens is 3. The number of nitrogens with two attached hydrogens (primary N) is 1. The Balaban J connectivity index is 0.00000324. The largest absolute Gasteiger partial charge is 0.497 e. The number of ether oxygens (including phenoxy) is 1. The first-order valence-electron chi connectivity index (χ1n) is 10.1. The normalized spacial score (nSPS) is 11.0. The fraction of sp³-hybridized carbons (Fsp3) is 0.0800. The van der Waals surface area contributed by atoms with Gasteiger partial charge in [0.15, 0.2) is 5.96 Å². The van der Waals surface area contributed by atoms with Crippen molar-refractivity contribution in [3.05, 3.63) is 93.4 Å². The third kappa shape index (κ3) is 6.79. The number of nitrogens with one attached hydrogen (secondary N) is 1. The summed E-state index contributed by atoms with van der Waals surface area (Å²) < 4.78 is 7.29. The summed E-state index contributed by atoms with van der Waals surface area (Å²) in [5.41, 5.74) is 10.6. The van der Waals surface area contributed by atoms with E-state index in [1.54, 1.807) is 7.11 Å². The van der Waals surface area contributed by atoms with E-state index < -0.39 is 0 Å². The summed E-state index contributed by atoms with van der Waals surface area (Å²) in [6.45, 7) is 0.542. The van der Waals surface area contributed by atoms with Crippen molar-refractivity contribution in [3.63, 3.8) is 0 Å². The second-order valence-corrected chi connectivity index (χ2v) is 8.98. The smallest absolute Gasteiger partial charge is 0.253 e. The zero-order valence-electron chi connectivity index (χ0n) is 18.2. The molecule has 0 fully saturated rings. The van der Waals surface area contributed by atoms with Gasteiger partial charge in [0, 0.05) is 26.6 Å². The molecule has 174 valence electrons. The van der Waals surface area contributed by atoms with Crippen molar-refractivity contribution < 1.29 is 4.74 Å². The number of rotatable bonds is 6. The first-order chi connectivity index (χ1) is 16.0. The molecule has 34 heavy (non-hydrogen) atoms. The van der Waals surface area contributed by atoms with Gasteiger partial charge in [-0.3, -0.25) is 0 Å². The number of nitrogens with zero attached hydrogens (tertiary/aromatic N) is 3. The second kappa shape index (κ2) is 12.0. The van der Waals surface area contributed by atoms with Crippen LogP contribution in [0.3, 0.4) is 0 Å². The quantitative estimate of drug-likeness (QED) is 0.194. The van der Waals surface area contributed by atoms with Gasteiger partial charge >= 0.3 is 0 Å². The number of benzene rings is 3. The van der Waals surface area contributed by atoms with Gasteiger partial charge < -0.3 is 15.8 Å². The van der Waals surface area contributed by atoms with E-state index in [-0.39, 0.29) is 24.3 Å². The van der Waals surface area contributed by atoms with Gasteiger partial charge in [-0.05, 0) is 60.2 Å². The van der Waals surface area contributed by atoms with Gasteiger partial charge in [-0.1, -0.05) is 56.1 Å². The Morgan fingerprint density at radius 3 is 1.88 bits per heavy atom. The molecular weight excluding hydrogens is 582 g/mol. The van der Waals surface area contributed by atoms with Gasteiger partial charge in [-0.2, -0.15) is 4.99 Å². The van der Waals surface area contributed by atoms with E-state index in [1.807, 2.05) is 78.9 Å². The molecule has 0 aliphatic carbocycles. The summed E-state index contributed by atoms with van der Waals surface area (Å²) in [6, 6.07) is 25.6. The molecule has 0 aliphatic rings. The minimum Gasteiger partial charge on any atom is -0.497 e. The molecule has 0 saturated heterocycles. The SMILES string of the molecule is COc1ccc(-c2cc(-c3ccc(Br)cc3)nc(N=C(N)NCc3ccc(Br)cc3)n2)cc1.Cl. The average molecular weight is 604 g/mol. The van der Waals surface area contributed by atoms with Crippen molar-refractivity contribution in [2.24, 2.45) is 10.7 Å². The van der Waals surface area contributed by atoms with E-state index in [2.05, 4.69) is 52.1 Å². The van der Waals surface area contributed by atoms with Crippen LogP contribution in [0, 0.1) is 0 Å². The van der Waals surface area contributed by atoms with Crippen LogP contribution < -0.4 is 15.8 Å². The zero-order valence-corrected chi connectivity index (χ0v) is 22.2. The van der Waals surface area contributed by atoms with Crippen LogP contribution in [-0.4, -0.2) is 23.0 Å². The second-order valence-electron chi connectivity index (χ2n) is 7.15. The lowest BCUT2D eigenvalue weighted by molar-refractivity contribution is 0.415. The molecule has 6 nitrogen and oxygen atoms in total. The maximum absolute atomic E-state index is 6.15. The molecule has 0 atom stereocenters. The molecule has 0 radical (unpaired) electrons. The Morgan fingerprint density at radius 1 is 0.853 bits per heavy atom. The Morgan fingerprint density at radius 2 is 1.35 bits per heavy atom. The molecule has 1 heterocycles. The first kappa shape index (κ1) is 25.7. The predicted molar refractivity (Wildman–Crippen MR) is 147 cm³/mol. The van der Waals surface area contributed by atoms with Crippen molar-refractivity contribution in [2.75, 3.05) is 7.11 Å². The lowest BCUT2D eigenvalue weighted by Gasteiger charge is -2.09. The molecule has 9 heteroatoms. The van der Waals surface area contributed by atoms with Crippen molar-refractivity contribution in [1.82, 2.24) is 15.3 Å². The molecule has 0 spiro atoms. The zero-order chi connectivity index (χ0) is 23.2. The van der Waals surface area contributed by atoms with Gasteiger partial charge in [0.25, 0.3) is 5.95 Å². The molecule has 0 unspecified atom stereocenters. The summed E-state index contributed by atoms with van der Waals surface area (Å²) in [5, 5.41) is 3.12. The molecule has 4 aromatic rings. The molecule has 4 rings (SSSR count). The van der Waals surface area contributed by atoms with Crippen LogP contribution in [0.4, 0.5) is 5.95 Å². The lowest BCUT2D eigenvalue weighted by atomic mass is 10.1. The molecule has 1 aromatic heterocycles. The van der Waals surface area contributed by atoms with Gasteiger partial charge in [0.1, 0.15) is 5.75 Å². The Labute approximate surface area is 221 Å². The van der Waals surface area contributed by atoms with Crippen LogP contribution in [-0.2, 0) is 6.54 Å². The van der Waals surface area contributed by atoms with Gasteiger partial charge in [-0.15, -0.1) is 12.4 Å². The number of methoxy groups -OCH3 is 1. The summed E-state index contributed by atoms with van der Waals surface area (Å²) in [4.78, 5) is 13.7. The summed E-state index contributed by atoms with van der Waals surface area (Å²) in [5.74, 6) is 1.30. The highest BCUT2D eigenvalue weighted by Gasteiger charge is 2.10. The lowest BCUT2D eigenvalue weighted by Crippen LogP contribution is -2.30. The van der Waals surface area contributed by atoms with Gasteiger partial charge in [0.05, 0.1) is 18.5 Å². The summed E-state index contributed by atoms with van der Waals surface area (Å²) >= 11 is 6.92. The minimum atomic E-state index is 0. The van der Waals surface area contributed by atoms with E-state index in [9.17, 15) is 0 Å². The maximum atomic E-state index is 6.15. The molecule has 0 amide bonds. The van der Waals surface area contributed by atoms with Gasteiger partial charge in [-0.25, -0.2) is 9.97 Å². The molecule has 0 saturated carbocycles. The summed E-state index contributed by atoms with van der Waals surface area (Å²) in [7, 11) is 1.64. The van der Waals surface area contributed by atoms with Crippen LogP contribution in [0.1, 0.15) is 5.56 Å². The van der Waals surface area contributed by atoms with Crippen LogP contribution in [0.5, 0.6) is 5.75 Å². The highest BCUT2D eigenvalue weighted by Crippen LogP contribution is 2.28. The van der Waals surface area contributed by atoms with Crippen LogP contribution in [0.15, 0.2) is 92.8 Å². The first-order valence-corrected chi connectivity index (χ1v) is 11.7. The van der Waals surface area contributed by atoms with Crippen molar-refractivity contribution in [2.45, 2.75) is 6.54 Å². The van der Waals surface area contributed by atoms with Crippen molar-refractivity contribution >= 4 is 56.2 Å². The van der Waals surface area contributed by atoms with E-state index in [4.69, 9.17) is 10.5 Å². The monoisotopic (exact) mass is 601 g/mol. The standard InChI is InChI=1S/C25H21Br2N5O.ClH/c1-33-21-12-6-18(7-13-21)23-14-22(17-4-10-20(27)11-5-17)30-25(31-23)32-24(28)29-15-16-2-8-19(26)9-3-16;/h2-14H,15H2,1H3,(H3,28,29,30,31,32);1H. The van der Waals surface area contributed by atoms with Crippen LogP contribution in [0.2, 0.25) is 0 Å². The number of hydrogen-bond acceptors (Lipinski definition) is 4. The van der Waals surface area contributed by atoms with Crippen LogP contribution >= 0.6 is 44.3 Å². The Kier molecular flexibility index (Phi) is 9.04. The Hall–Kier alpha value is -2.94. The third-order valence-corrected chi connectivity index (χ3v) is 5.90. The number of aromatic nitrogens is 2. The van der Waals surface area contributed by atoms with E-state index in [1.165, 1.54) is 0 Å². The highest BCUT2D eigenvalue weighted by atomic mass is 79.9. The molecule has 3 N–H and O–H groups in total. The number of guanidine groups is 1. The number of aliphatic imine (C=N–C) groups is 1. The predicted octanol–water partition coefficient (Wildman–Crippen LogP) is 6.50. The fourth-order valence-electron chi connectivity index (χ4n) is 3.10. The van der Waals surface area contributed by atoms with E-state index in [0.717, 1.165) is 42.8 Å². The number of hydrogen-bond donors (Lipinski definition) is 2. The Bertz CT molecular complexity index is 1260. The minimum absolute atomic E-state index is 0. The molecule has 3 aromatic carbocycles. The average Bonchev–Trinajstić information content (AvgIpc) is 2.84. The van der Waals surface area contributed by atoms with Crippen molar-refractivity contribution in [1.29, 1.82) is 0 Å². The highest BCUT2D eigenvalue weighted by molar-refractivity contribution is 9.10. The summed E-state index contributed by atoms with van der Waals surface area (Å²) in [6.07, 6.45) is 0. The van der Waals surface area contributed by atoms with E-state index >= 15 is 0 Å². The molecule has 0 bridgehead atoms. The van der Waals surface area contributed by atoms with Crippen LogP contribution in [0.25, 0.3) is 22.5 Å². The third-order valence-electron chi connectivity index (χ3n) is 4.85. The molecule has 0 aliphatic heterocycles. The van der Waals surface area contributed by atoms with E-state index in [0.29, 0.717) is 6.54 Å². The van der Waals surface area contributed by atoms with Crippen molar-refractivity contribution in [3.8, 4) is 28.3 Å². The molecular formula is C25H22Br2ClN5O. The van der Waals surface area contributed by atoms with Gasteiger partial charge in [0.2, 0.25) is 0 Å². The fourth-order valence-corrected chi connectivity index (χ4v) is 3.63. The topological polar surface area (TPSA) is 85.4 Å².